The maximum absolute atomic E-state index is 6.05. The minimum absolute atomic E-state index is 0.354. The van der Waals surface area contributed by atoms with Crippen molar-refractivity contribution < 1.29 is 4.74 Å². The van der Waals surface area contributed by atoms with Crippen molar-refractivity contribution in [2.75, 3.05) is 13.2 Å². The fourth-order valence-electron chi connectivity index (χ4n) is 2.41. The van der Waals surface area contributed by atoms with Crippen LogP contribution in [0.25, 0.3) is 0 Å². The van der Waals surface area contributed by atoms with Crippen molar-refractivity contribution >= 4 is 0 Å². The second kappa shape index (κ2) is 6.24. The zero-order valence-electron chi connectivity index (χ0n) is 11.8. The summed E-state index contributed by atoms with van der Waals surface area (Å²) in [4.78, 5) is 0. The molecule has 0 radical (unpaired) electrons. The number of aryl methyl sites for hydroxylation is 1. The van der Waals surface area contributed by atoms with Crippen LogP contribution in [-0.2, 0) is 0 Å². The van der Waals surface area contributed by atoms with Gasteiger partial charge in [-0.3, -0.25) is 0 Å². The van der Waals surface area contributed by atoms with Crippen molar-refractivity contribution in [3.63, 3.8) is 0 Å². The van der Waals surface area contributed by atoms with E-state index >= 15 is 0 Å². The fraction of sp³-hybridized carbons (Fsp3) is 0.625. The maximum atomic E-state index is 6.05. The van der Waals surface area contributed by atoms with E-state index in [1.165, 1.54) is 30.4 Å². The zero-order valence-corrected chi connectivity index (χ0v) is 11.8. The SMILES string of the molecule is CCNC(C)c1ccc(C)cc1OCC1CCC1. The average Bonchev–Trinajstić information content (AvgIpc) is 2.27. The molecule has 1 aliphatic carbocycles. The molecule has 2 heteroatoms. The minimum Gasteiger partial charge on any atom is -0.493 e. The lowest BCUT2D eigenvalue weighted by molar-refractivity contribution is 0.178. The largest absolute Gasteiger partial charge is 0.493 e. The van der Waals surface area contributed by atoms with E-state index in [9.17, 15) is 0 Å². The molecule has 0 saturated heterocycles. The Bertz CT molecular complexity index is 385. The highest BCUT2D eigenvalue weighted by molar-refractivity contribution is 5.39. The van der Waals surface area contributed by atoms with Crippen LogP contribution >= 0.6 is 0 Å². The summed E-state index contributed by atoms with van der Waals surface area (Å²) >= 11 is 0. The molecule has 18 heavy (non-hydrogen) atoms. The molecule has 1 unspecified atom stereocenters. The molecule has 0 amide bonds. The lowest BCUT2D eigenvalue weighted by atomic mass is 9.86. The quantitative estimate of drug-likeness (QED) is 0.824. The third kappa shape index (κ3) is 3.26. The van der Waals surface area contributed by atoms with E-state index in [4.69, 9.17) is 4.74 Å². The Morgan fingerprint density at radius 2 is 2.17 bits per heavy atom. The van der Waals surface area contributed by atoms with Gasteiger partial charge >= 0.3 is 0 Å². The van der Waals surface area contributed by atoms with E-state index in [1.807, 2.05) is 0 Å². The van der Waals surface area contributed by atoms with Crippen LogP contribution in [0.3, 0.4) is 0 Å². The molecule has 0 aromatic heterocycles. The first kappa shape index (κ1) is 13.4. The van der Waals surface area contributed by atoms with Crippen molar-refractivity contribution in [2.24, 2.45) is 5.92 Å². The molecule has 0 spiro atoms. The van der Waals surface area contributed by atoms with Crippen molar-refractivity contribution in [3.05, 3.63) is 29.3 Å². The highest BCUT2D eigenvalue weighted by Gasteiger charge is 2.19. The molecule has 1 aliphatic rings. The van der Waals surface area contributed by atoms with Crippen LogP contribution in [0.1, 0.15) is 50.3 Å². The van der Waals surface area contributed by atoms with Crippen LogP contribution in [0.5, 0.6) is 5.75 Å². The highest BCUT2D eigenvalue weighted by atomic mass is 16.5. The predicted molar refractivity (Wildman–Crippen MR) is 76.1 cm³/mol. The first-order valence-corrected chi connectivity index (χ1v) is 7.17. The summed E-state index contributed by atoms with van der Waals surface area (Å²) in [5.41, 5.74) is 2.55. The van der Waals surface area contributed by atoms with E-state index in [0.717, 1.165) is 24.8 Å². The van der Waals surface area contributed by atoms with Gasteiger partial charge in [0.25, 0.3) is 0 Å². The Morgan fingerprint density at radius 1 is 1.39 bits per heavy atom. The fourth-order valence-corrected chi connectivity index (χ4v) is 2.41. The van der Waals surface area contributed by atoms with E-state index < -0.39 is 0 Å². The van der Waals surface area contributed by atoms with Gasteiger partial charge in [0.2, 0.25) is 0 Å². The van der Waals surface area contributed by atoms with Gasteiger partial charge in [-0.25, -0.2) is 0 Å². The molecule has 0 heterocycles. The normalized spacial score (nSPS) is 17.3. The average molecular weight is 247 g/mol. The maximum Gasteiger partial charge on any atom is 0.124 e. The first-order valence-electron chi connectivity index (χ1n) is 7.17. The van der Waals surface area contributed by atoms with E-state index in [1.54, 1.807) is 0 Å². The molecule has 0 bridgehead atoms. The Morgan fingerprint density at radius 3 is 2.78 bits per heavy atom. The van der Waals surface area contributed by atoms with Crippen LogP contribution < -0.4 is 10.1 Å². The summed E-state index contributed by atoms with van der Waals surface area (Å²) in [5.74, 6) is 1.85. The summed E-state index contributed by atoms with van der Waals surface area (Å²) in [5, 5.41) is 3.46. The van der Waals surface area contributed by atoms with Gasteiger partial charge in [-0.05, 0) is 50.8 Å². The first-order chi connectivity index (χ1) is 8.70. The Hall–Kier alpha value is -1.02. The summed E-state index contributed by atoms with van der Waals surface area (Å²) in [6.45, 7) is 8.33. The number of nitrogens with one attached hydrogen (secondary N) is 1. The minimum atomic E-state index is 0.354. The highest BCUT2D eigenvalue weighted by Crippen LogP contribution is 2.30. The van der Waals surface area contributed by atoms with Crippen LogP contribution in [0.4, 0.5) is 0 Å². The molecular formula is C16H25NO. The third-order valence-corrected chi connectivity index (χ3v) is 3.85. The Balaban J connectivity index is 2.06. The predicted octanol–water partition coefficient (Wildman–Crippen LogP) is 3.84. The van der Waals surface area contributed by atoms with Gasteiger partial charge < -0.3 is 10.1 Å². The summed E-state index contributed by atoms with van der Waals surface area (Å²) < 4.78 is 6.05. The van der Waals surface area contributed by atoms with Gasteiger partial charge in [-0.2, -0.15) is 0 Å². The Kier molecular flexibility index (Phi) is 4.65. The summed E-state index contributed by atoms with van der Waals surface area (Å²) in [6, 6.07) is 6.88. The number of hydrogen-bond donors (Lipinski definition) is 1. The van der Waals surface area contributed by atoms with Crippen molar-refractivity contribution in [1.82, 2.24) is 5.32 Å². The van der Waals surface area contributed by atoms with Crippen LogP contribution in [0, 0.1) is 12.8 Å². The molecule has 0 aliphatic heterocycles. The zero-order chi connectivity index (χ0) is 13.0. The standard InChI is InChI=1S/C16H25NO/c1-4-17-13(3)15-9-8-12(2)10-16(15)18-11-14-6-5-7-14/h8-10,13-14,17H,4-7,11H2,1-3H3. The second-order valence-electron chi connectivity index (χ2n) is 5.43. The molecule has 2 rings (SSSR count). The van der Waals surface area contributed by atoms with Crippen molar-refractivity contribution in [2.45, 2.75) is 46.1 Å². The molecule has 1 aromatic carbocycles. The number of ether oxygens (including phenoxy) is 1. The number of rotatable bonds is 6. The molecule has 1 fully saturated rings. The van der Waals surface area contributed by atoms with E-state index in [2.05, 4.69) is 44.3 Å². The van der Waals surface area contributed by atoms with Crippen LogP contribution in [0.2, 0.25) is 0 Å². The molecular weight excluding hydrogens is 222 g/mol. The molecule has 1 saturated carbocycles. The molecule has 1 aromatic rings. The van der Waals surface area contributed by atoms with E-state index in [-0.39, 0.29) is 0 Å². The van der Waals surface area contributed by atoms with Crippen LogP contribution in [0.15, 0.2) is 18.2 Å². The monoisotopic (exact) mass is 247 g/mol. The second-order valence-corrected chi connectivity index (χ2v) is 5.43. The molecule has 100 valence electrons. The van der Waals surface area contributed by atoms with Gasteiger partial charge in [-0.1, -0.05) is 25.5 Å². The lowest BCUT2D eigenvalue weighted by Crippen LogP contribution is -2.22. The molecule has 1 N–H and O–H groups in total. The third-order valence-electron chi connectivity index (χ3n) is 3.85. The van der Waals surface area contributed by atoms with Crippen LogP contribution in [-0.4, -0.2) is 13.2 Å². The van der Waals surface area contributed by atoms with Crippen molar-refractivity contribution in [1.29, 1.82) is 0 Å². The number of benzene rings is 1. The molecule has 1 atom stereocenters. The molecule has 2 nitrogen and oxygen atoms in total. The lowest BCUT2D eigenvalue weighted by Gasteiger charge is -2.26. The van der Waals surface area contributed by atoms with Gasteiger partial charge in [0.15, 0.2) is 0 Å². The van der Waals surface area contributed by atoms with Gasteiger partial charge in [-0.15, -0.1) is 0 Å². The summed E-state index contributed by atoms with van der Waals surface area (Å²) in [7, 11) is 0. The summed E-state index contributed by atoms with van der Waals surface area (Å²) in [6.07, 6.45) is 4.05. The van der Waals surface area contributed by atoms with E-state index in [0.29, 0.717) is 6.04 Å². The topological polar surface area (TPSA) is 21.3 Å². The van der Waals surface area contributed by atoms with Gasteiger partial charge in [0, 0.05) is 11.6 Å². The van der Waals surface area contributed by atoms with Crippen molar-refractivity contribution in [3.8, 4) is 5.75 Å². The number of hydrogen-bond acceptors (Lipinski definition) is 2. The van der Waals surface area contributed by atoms with Gasteiger partial charge in [0.05, 0.1) is 6.61 Å². The van der Waals surface area contributed by atoms with Gasteiger partial charge in [0.1, 0.15) is 5.75 Å². The smallest absolute Gasteiger partial charge is 0.124 e. The Labute approximate surface area is 111 Å².